The lowest BCUT2D eigenvalue weighted by atomic mass is 10.1. The highest BCUT2D eigenvalue weighted by molar-refractivity contribution is 5.98. The Morgan fingerprint density at radius 2 is 1.98 bits per heavy atom. The lowest BCUT2D eigenvalue weighted by Crippen LogP contribution is -2.48. The summed E-state index contributed by atoms with van der Waals surface area (Å²) in [6.45, 7) is 2.60. The van der Waals surface area contributed by atoms with Gasteiger partial charge in [-0.15, -0.1) is 0 Å². The van der Waals surface area contributed by atoms with Crippen molar-refractivity contribution in [3.05, 3.63) is 42.0 Å². The number of oxime groups is 1. The molecule has 1 unspecified atom stereocenters. The first-order chi connectivity index (χ1) is 19.3. The van der Waals surface area contributed by atoms with E-state index in [1.807, 2.05) is 10.2 Å². The van der Waals surface area contributed by atoms with E-state index >= 15 is 0 Å². The Hall–Kier alpha value is -4.33. The molecular formula is C26H34FN7O6. The standard InChI is InChI=1S/C26H34FN7O6/c1-2-3-4-8-22(36)38-14-17(13-35)15-40-33-20-11-34(12-20)25-30-9-19(10-31-25)21-7-5-6-18(23(21)27)16-39-26(37)32-24(28)29/h5-7,9-10,17,35H,2-4,8,11-16H2,1H3,(H4,28,29,32,37). The summed E-state index contributed by atoms with van der Waals surface area (Å²) < 4.78 is 25.1. The summed E-state index contributed by atoms with van der Waals surface area (Å²) in [5.41, 5.74) is 6.64. The smallest absolute Gasteiger partial charge is 0.414 e. The molecule has 1 atom stereocenters. The fourth-order valence-electron chi connectivity index (χ4n) is 3.61. The highest BCUT2D eigenvalue weighted by atomic mass is 19.1. The topological polar surface area (TPSA) is 185 Å². The number of amides is 1. The molecule has 1 aliphatic heterocycles. The summed E-state index contributed by atoms with van der Waals surface area (Å²) in [7, 11) is 0. The molecule has 0 saturated carbocycles. The average Bonchev–Trinajstić information content (AvgIpc) is 2.91. The fraction of sp³-hybridized carbons (Fsp3) is 0.462. The second kappa shape index (κ2) is 15.3. The van der Waals surface area contributed by atoms with Crippen molar-refractivity contribution in [1.29, 1.82) is 5.41 Å². The molecule has 2 aromatic rings. The maximum atomic E-state index is 15.0. The van der Waals surface area contributed by atoms with Gasteiger partial charge in [0.2, 0.25) is 5.95 Å². The number of guanidine groups is 1. The second-order valence-electron chi connectivity index (χ2n) is 9.16. The van der Waals surface area contributed by atoms with Gasteiger partial charge in [0, 0.05) is 35.5 Å². The Morgan fingerprint density at radius 1 is 1.23 bits per heavy atom. The number of benzene rings is 1. The number of carbonyl (C=O) groups excluding carboxylic acids is 2. The maximum absolute atomic E-state index is 15.0. The van der Waals surface area contributed by atoms with Crippen molar-refractivity contribution in [1.82, 2.24) is 15.3 Å². The van der Waals surface area contributed by atoms with Gasteiger partial charge in [0.25, 0.3) is 0 Å². The lowest BCUT2D eigenvalue weighted by Gasteiger charge is -2.32. The monoisotopic (exact) mass is 559 g/mol. The van der Waals surface area contributed by atoms with Crippen molar-refractivity contribution >= 4 is 29.7 Å². The molecule has 40 heavy (non-hydrogen) atoms. The number of halogens is 1. The van der Waals surface area contributed by atoms with Crippen LogP contribution in [0.4, 0.5) is 15.1 Å². The molecule has 5 N–H and O–H groups in total. The zero-order valence-corrected chi connectivity index (χ0v) is 22.3. The first-order valence-electron chi connectivity index (χ1n) is 12.9. The summed E-state index contributed by atoms with van der Waals surface area (Å²) >= 11 is 0. The maximum Gasteiger partial charge on any atom is 0.414 e. The molecule has 1 amide bonds. The zero-order chi connectivity index (χ0) is 28.9. The van der Waals surface area contributed by atoms with Crippen molar-refractivity contribution in [2.75, 3.05) is 37.8 Å². The number of carbonyl (C=O) groups is 2. The molecule has 1 aromatic carbocycles. The zero-order valence-electron chi connectivity index (χ0n) is 22.3. The first-order valence-corrected chi connectivity index (χ1v) is 12.9. The van der Waals surface area contributed by atoms with Gasteiger partial charge in [0.05, 0.1) is 37.9 Å². The number of esters is 1. The average molecular weight is 560 g/mol. The normalized spacial score (nSPS) is 13.2. The predicted octanol–water partition coefficient (Wildman–Crippen LogP) is 2.33. The van der Waals surface area contributed by atoms with Crippen LogP contribution in [0.15, 0.2) is 35.7 Å². The van der Waals surface area contributed by atoms with E-state index in [1.54, 1.807) is 12.1 Å². The Bertz CT molecular complexity index is 1190. The van der Waals surface area contributed by atoms with Crippen LogP contribution in [-0.4, -0.2) is 71.7 Å². The molecule has 1 aliphatic rings. The van der Waals surface area contributed by atoms with E-state index in [0.717, 1.165) is 25.0 Å². The number of nitrogens with two attached hydrogens (primary N) is 1. The molecule has 14 heteroatoms. The number of unbranched alkanes of at least 4 members (excludes halogenated alkanes) is 2. The molecule has 216 valence electrons. The van der Waals surface area contributed by atoms with Gasteiger partial charge in [-0.2, -0.15) is 0 Å². The highest BCUT2D eigenvalue weighted by Crippen LogP contribution is 2.26. The second-order valence-corrected chi connectivity index (χ2v) is 9.16. The van der Waals surface area contributed by atoms with Crippen molar-refractivity contribution in [3.8, 4) is 11.1 Å². The predicted molar refractivity (Wildman–Crippen MR) is 144 cm³/mol. The summed E-state index contributed by atoms with van der Waals surface area (Å²) in [4.78, 5) is 39.0. The Balaban J connectivity index is 1.45. The van der Waals surface area contributed by atoms with Gasteiger partial charge in [-0.3, -0.25) is 15.5 Å². The number of anilines is 1. The molecule has 2 heterocycles. The van der Waals surface area contributed by atoms with Crippen LogP contribution in [0, 0.1) is 17.1 Å². The van der Waals surface area contributed by atoms with E-state index in [-0.39, 0.29) is 49.4 Å². The van der Waals surface area contributed by atoms with E-state index in [4.69, 9.17) is 25.5 Å². The minimum absolute atomic E-state index is 0.0738. The number of aliphatic hydroxyl groups excluding tert-OH is 1. The van der Waals surface area contributed by atoms with Crippen LogP contribution in [0.5, 0.6) is 0 Å². The molecule has 1 saturated heterocycles. The van der Waals surface area contributed by atoms with Gasteiger partial charge in [-0.1, -0.05) is 43.1 Å². The molecule has 1 aromatic heterocycles. The molecule has 3 rings (SSSR count). The number of rotatable bonds is 14. The summed E-state index contributed by atoms with van der Waals surface area (Å²) in [6, 6.07) is 4.65. The third-order valence-electron chi connectivity index (χ3n) is 5.88. The summed E-state index contributed by atoms with van der Waals surface area (Å²) in [5, 5.41) is 22.5. The van der Waals surface area contributed by atoms with E-state index in [0.29, 0.717) is 31.0 Å². The molecule has 0 spiro atoms. The SMILES string of the molecule is CCCCCC(=O)OCC(CO)CON=C1CN(c2ncc(-c3cccc(COC(=O)NC(=N)N)c3F)cn2)C1. The molecule has 0 bridgehead atoms. The minimum Gasteiger partial charge on any atom is -0.465 e. The van der Waals surface area contributed by atoms with Crippen molar-refractivity contribution in [2.24, 2.45) is 16.8 Å². The lowest BCUT2D eigenvalue weighted by molar-refractivity contribution is -0.146. The molecular weight excluding hydrogens is 525 g/mol. The van der Waals surface area contributed by atoms with Gasteiger partial charge in [-0.25, -0.2) is 19.2 Å². The Morgan fingerprint density at radius 3 is 2.65 bits per heavy atom. The first kappa shape index (κ1) is 30.2. The van der Waals surface area contributed by atoms with Gasteiger partial charge >= 0.3 is 12.1 Å². The van der Waals surface area contributed by atoms with E-state index in [2.05, 4.69) is 22.0 Å². The number of ether oxygens (including phenoxy) is 2. The van der Waals surface area contributed by atoms with E-state index in [9.17, 15) is 19.1 Å². The quantitative estimate of drug-likeness (QED) is 0.0880. The summed E-state index contributed by atoms with van der Waals surface area (Å²) in [6.07, 6.45) is 5.18. The number of nitrogens with zero attached hydrogens (tertiary/aromatic N) is 4. The molecule has 0 radical (unpaired) electrons. The van der Waals surface area contributed by atoms with Gasteiger partial charge < -0.3 is 30.1 Å². The Kier molecular flexibility index (Phi) is 11.6. The van der Waals surface area contributed by atoms with Gasteiger partial charge in [0.15, 0.2) is 5.96 Å². The van der Waals surface area contributed by atoms with Crippen molar-refractivity contribution < 1.29 is 33.4 Å². The van der Waals surface area contributed by atoms with Crippen LogP contribution >= 0.6 is 0 Å². The van der Waals surface area contributed by atoms with Crippen LogP contribution in [0.25, 0.3) is 11.1 Å². The number of hydrogen-bond acceptors (Lipinski definition) is 11. The van der Waals surface area contributed by atoms with E-state index in [1.165, 1.54) is 18.5 Å². The fourth-order valence-corrected chi connectivity index (χ4v) is 3.61. The van der Waals surface area contributed by atoms with E-state index < -0.39 is 17.9 Å². The molecule has 0 aliphatic carbocycles. The highest BCUT2D eigenvalue weighted by Gasteiger charge is 2.25. The molecule has 1 fully saturated rings. The minimum atomic E-state index is -0.959. The van der Waals surface area contributed by atoms with Crippen molar-refractivity contribution in [3.63, 3.8) is 0 Å². The number of aromatic nitrogens is 2. The van der Waals surface area contributed by atoms with Crippen LogP contribution in [0.2, 0.25) is 0 Å². The number of hydrogen-bond donors (Lipinski definition) is 4. The number of aliphatic hydroxyl groups is 1. The van der Waals surface area contributed by atoms with Crippen LogP contribution < -0.4 is 16.0 Å². The van der Waals surface area contributed by atoms with Crippen LogP contribution in [0.3, 0.4) is 0 Å². The Labute approximate surface area is 231 Å². The largest absolute Gasteiger partial charge is 0.465 e. The van der Waals surface area contributed by atoms with Gasteiger partial charge in [-0.05, 0) is 6.42 Å². The number of alkyl carbamates (subject to hydrolysis) is 1. The molecule has 13 nitrogen and oxygen atoms in total. The third-order valence-corrected chi connectivity index (χ3v) is 5.88. The number of nitrogens with one attached hydrogen (secondary N) is 2. The van der Waals surface area contributed by atoms with Crippen LogP contribution in [-0.2, 0) is 25.7 Å². The third kappa shape index (κ3) is 9.15. The van der Waals surface area contributed by atoms with Gasteiger partial charge in [0.1, 0.15) is 19.0 Å². The van der Waals surface area contributed by atoms with Crippen molar-refractivity contribution in [2.45, 2.75) is 39.2 Å². The summed E-state index contributed by atoms with van der Waals surface area (Å²) in [5.74, 6) is -1.37. The van der Waals surface area contributed by atoms with Crippen LogP contribution in [0.1, 0.15) is 38.2 Å².